The van der Waals surface area contributed by atoms with Crippen LogP contribution in [-0.2, 0) is 18.0 Å². The Labute approximate surface area is 85.3 Å². The number of rotatable bonds is 3. The molecule has 0 bridgehead atoms. The molecule has 5 nitrogen and oxygen atoms in total. The molecule has 0 heterocycles. The Hall–Kier alpha value is -0.810. The zero-order valence-electron chi connectivity index (χ0n) is 7.03. The Morgan fingerprint density at radius 2 is 1.86 bits per heavy atom. The van der Waals surface area contributed by atoms with Crippen LogP contribution in [0.15, 0.2) is 24.3 Å². The van der Waals surface area contributed by atoms with Crippen LogP contribution in [0.3, 0.4) is 0 Å². The molecular weight excluding hydrogens is 225 g/mol. The average Bonchev–Trinajstić information content (AvgIpc) is 2.02. The molecule has 0 aromatic heterocycles. The summed E-state index contributed by atoms with van der Waals surface area (Å²) in [5.41, 5.74) is 0.557. The van der Waals surface area contributed by atoms with Gasteiger partial charge in [0.25, 0.3) is 5.69 Å². The van der Waals surface area contributed by atoms with Crippen LogP contribution >= 0.6 is 6.49 Å². The molecular formula is C7H8NO4PS. The van der Waals surface area contributed by atoms with E-state index in [4.69, 9.17) is 9.79 Å². The highest BCUT2D eigenvalue weighted by atomic mass is 32.5. The topological polar surface area (TPSA) is 83.6 Å². The molecule has 0 saturated heterocycles. The van der Waals surface area contributed by atoms with E-state index in [0.717, 1.165) is 0 Å². The second-order valence-corrected chi connectivity index (χ2v) is 6.15. The van der Waals surface area contributed by atoms with Crippen LogP contribution in [0.25, 0.3) is 0 Å². The molecule has 0 spiro atoms. The Bertz CT molecular complexity index is 385. The molecule has 0 unspecified atom stereocenters. The monoisotopic (exact) mass is 233 g/mol. The van der Waals surface area contributed by atoms with E-state index in [2.05, 4.69) is 11.8 Å². The van der Waals surface area contributed by atoms with Crippen LogP contribution in [0.4, 0.5) is 5.69 Å². The quantitative estimate of drug-likeness (QED) is 0.468. The van der Waals surface area contributed by atoms with Crippen LogP contribution in [0.5, 0.6) is 0 Å². The molecule has 0 fully saturated rings. The first-order chi connectivity index (χ1) is 6.38. The van der Waals surface area contributed by atoms with Gasteiger partial charge in [-0.3, -0.25) is 10.1 Å². The van der Waals surface area contributed by atoms with Gasteiger partial charge in [-0.05, 0) is 17.4 Å². The van der Waals surface area contributed by atoms with Crippen molar-refractivity contribution in [2.75, 3.05) is 0 Å². The summed E-state index contributed by atoms with van der Waals surface area (Å²) in [7, 11) is 0. The largest absolute Gasteiger partial charge is 0.345 e. The van der Waals surface area contributed by atoms with E-state index in [-0.39, 0.29) is 11.8 Å². The minimum Gasteiger partial charge on any atom is -0.345 e. The molecule has 0 aliphatic carbocycles. The number of non-ortho nitro benzene ring substituents is 1. The summed E-state index contributed by atoms with van der Waals surface area (Å²) in [6.07, 6.45) is -0.0275. The lowest BCUT2D eigenvalue weighted by Gasteiger charge is -2.06. The molecule has 0 aliphatic rings. The van der Waals surface area contributed by atoms with Crippen molar-refractivity contribution in [2.24, 2.45) is 0 Å². The molecule has 76 valence electrons. The Balaban J connectivity index is 2.84. The number of nitrogens with zero attached hydrogens (tertiary/aromatic N) is 1. The number of benzene rings is 1. The smallest absolute Gasteiger partial charge is 0.269 e. The average molecular weight is 233 g/mol. The minimum atomic E-state index is -3.26. The molecule has 7 heteroatoms. The van der Waals surface area contributed by atoms with Crippen molar-refractivity contribution in [3.8, 4) is 0 Å². The van der Waals surface area contributed by atoms with Crippen molar-refractivity contribution in [3.63, 3.8) is 0 Å². The van der Waals surface area contributed by atoms with Crippen LogP contribution < -0.4 is 0 Å². The highest BCUT2D eigenvalue weighted by Crippen LogP contribution is 2.39. The van der Waals surface area contributed by atoms with Gasteiger partial charge in [0.2, 0.25) is 0 Å². The van der Waals surface area contributed by atoms with Crippen LogP contribution in [-0.4, -0.2) is 14.7 Å². The summed E-state index contributed by atoms with van der Waals surface area (Å²) in [6, 6.07) is 5.54. The minimum absolute atomic E-state index is 0.0275. The Kier molecular flexibility index (Phi) is 3.34. The van der Waals surface area contributed by atoms with Gasteiger partial charge in [0.1, 0.15) is 0 Å². The van der Waals surface area contributed by atoms with E-state index < -0.39 is 11.4 Å². The lowest BCUT2D eigenvalue weighted by molar-refractivity contribution is -0.384. The van der Waals surface area contributed by atoms with Crippen LogP contribution in [0.2, 0.25) is 0 Å². The molecule has 0 saturated carbocycles. The molecule has 1 aromatic carbocycles. The van der Waals surface area contributed by atoms with E-state index in [1.165, 1.54) is 24.3 Å². The maximum absolute atomic E-state index is 10.3. The molecule has 0 radical (unpaired) electrons. The zero-order valence-corrected chi connectivity index (χ0v) is 8.74. The van der Waals surface area contributed by atoms with Gasteiger partial charge in [0.05, 0.1) is 4.92 Å². The number of nitro benzene ring substituents is 1. The third kappa shape index (κ3) is 3.51. The maximum atomic E-state index is 10.3. The van der Waals surface area contributed by atoms with Crippen LogP contribution in [0.1, 0.15) is 5.56 Å². The lowest BCUT2D eigenvalue weighted by Crippen LogP contribution is -1.90. The van der Waals surface area contributed by atoms with Gasteiger partial charge in [-0.25, -0.2) is 0 Å². The van der Waals surface area contributed by atoms with Crippen molar-refractivity contribution >= 4 is 24.0 Å². The first-order valence-corrected chi connectivity index (χ1v) is 6.56. The summed E-state index contributed by atoms with van der Waals surface area (Å²) in [5, 5.41) is 10.3. The summed E-state index contributed by atoms with van der Waals surface area (Å²) in [5.74, 6) is 0. The molecule has 0 atom stereocenters. The zero-order chi connectivity index (χ0) is 10.8. The molecule has 1 rings (SSSR count). The van der Waals surface area contributed by atoms with Gasteiger partial charge < -0.3 is 9.79 Å². The third-order valence-corrected chi connectivity index (χ3v) is 2.70. The first-order valence-electron chi connectivity index (χ1n) is 3.66. The molecule has 1 aromatic rings. The van der Waals surface area contributed by atoms with Crippen molar-refractivity contribution in [1.82, 2.24) is 0 Å². The molecule has 14 heavy (non-hydrogen) atoms. The second-order valence-electron chi connectivity index (χ2n) is 2.75. The van der Waals surface area contributed by atoms with E-state index >= 15 is 0 Å². The predicted molar refractivity (Wildman–Crippen MR) is 55.5 cm³/mol. The fraction of sp³-hybridized carbons (Fsp3) is 0.143. The summed E-state index contributed by atoms with van der Waals surface area (Å²) in [4.78, 5) is 27.8. The summed E-state index contributed by atoms with van der Waals surface area (Å²) in [6.45, 7) is -3.26. The van der Waals surface area contributed by atoms with E-state index in [1.54, 1.807) is 0 Å². The van der Waals surface area contributed by atoms with Crippen molar-refractivity contribution in [1.29, 1.82) is 0 Å². The van der Waals surface area contributed by atoms with Crippen LogP contribution in [0, 0.1) is 10.1 Å². The standard InChI is InChI=1S/C7H8NO4PS/c9-8(10)7-3-1-6(2-4-7)5-13(11,12)14/h1-4H,5H2,(H2,11,12,14). The number of hydrogen-bond acceptors (Lipinski definition) is 3. The van der Waals surface area contributed by atoms with Crippen molar-refractivity contribution < 1.29 is 14.7 Å². The van der Waals surface area contributed by atoms with Gasteiger partial charge in [-0.1, -0.05) is 12.1 Å². The van der Waals surface area contributed by atoms with E-state index in [0.29, 0.717) is 5.56 Å². The number of nitro groups is 1. The second kappa shape index (κ2) is 4.14. The predicted octanol–water partition coefficient (Wildman–Crippen LogP) is 1.39. The number of hydrogen-bond donors (Lipinski definition) is 2. The summed E-state index contributed by atoms with van der Waals surface area (Å²) >= 11 is 4.44. The fourth-order valence-electron chi connectivity index (χ4n) is 0.961. The molecule has 0 aliphatic heterocycles. The molecule has 0 amide bonds. The lowest BCUT2D eigenvalue weighted by atomic mass is 10.2. The normalized spacial score (nSPS) is 11.3. The molecule has 2 N–H and O–H groups in total. The third-order valence-electron chi connectivity index (χ3n) is 1.54. The van der Waals surface area contributed by atoms with Gasteiger partial charge in [-0.2, -0.15) is 0 Å². The van der Waals surface area contributed by atoms with E-state index in [9.17, 15) is 10.1 Å². The summed E-state index contributed by atoms with van der Waals surface area (Å²) < 4.78 is 0. The van der Waals surface area contributed by atoms with Crippen molar-refractivity contribution in [3.05, 3.63) is 39.9 Å². The Morgan fingerprint density at radius 3 is 2.21 bits per heavy atom. The first kappa shape index (κ1) is 11.3. The van der Waals surface area contributed by atoms with Gasteiger partial charge in [0.15, 0.2) is 6.49 Å². The highest BCUT2D eigenvalue weighted by molar-refractivity contribution is 8.08. The van der Waals surface area contributed by atoms with Gasteiger partial charge >= 0.3 is 0 Å². The van der Waals surface area contributed by atoms with Gasteiger partial charge in [-0.15, -0.1) is 0 Å². The SMILES string of the molecule is O=[N+]([O-])c1ccc(CP(O)(O)=S)cc1. The van der Waals surface area contributed by atoms with E-state index in [1.807, 2.05) is 0 Å². The highest BCUT2D eigenvalue weighted by Gasteiger charge is 2.10. The van der Waals surface area contributed by atoms with Gasteiger partial charge in [0, 0.05) is 18.3 Å². The Morgan fingerprint density at radius 1 is 1.36 bits per heavy atom. The fourth-order valence-corrected chi connectivity index (χ4v) is 2.09. The van der Waals surface area contributed by atoms with Crippen molar-refractivity contribution in [2.45, 2.75) is 6.16 Å². The maximum Gasteiger partial charge on any atom is 0.269 e.